The summed E-state index contributed by atoms with van der Waals surface area (Å²) in [6, 6.07) is 0. The summed E-state index contributed by atoms with van der Waals surface area (Å²) in [6.45, 7) is 11.5. The van der Waals surface area contributed by atoms with Crippen LogP contribution in [0.25, 0.3) is 0 Å². The molecule has 0 aliphatic carbocycles. The van der Waals surface area contributed by atoms with Crippen LogP contribution in [0.15, 0.2) is 72.9 Å². The summed E-state index contributed by atoms with van der Waals surface area (Å²) in [7, 11) is 4.79. The van der Waals surface area contributed by atoms with Crippen molar-refractivity contribution < 1.29 is 24.2 Å². The second-order valence-corrected chi connectivity index (χ2v) is 14.5. The number of amides is 3. The van der Waals surface area contributed by atoms with Crippen molar-refractivity contribution in [3.05, 3.63) is 72.9 Å². The lowest BCUT2D eigenvalue weighted by molar-refractivity contribution is -0.137. The van der Waals surface area contributed by atoms with Crippen LogP contribution < -0.4 is 16.0 Å². The fourth-order valence-corrected chi connectivity index (χ4v) is 5.47. The Morgan fingerprint density at radius 2 is 1.08 bits per heavy atom. The van der Waals surface area contributed by atoms with Crippen molar-refractivity contribution in [2.45, 2.75) is 105 Å². The van der Waals surface area contributed by atoms with E-state index in [4.69, 9.17) is 4.74 Å². The number of hydrogen-bond acceptors (Lipinski definition) is 7. The molecular formula is C39H67N3O5S2. The van der Waals surface area contributed by atoms with Gasteiger partial charge in [0.05, 0.1) is 6.61 Å². The topological polar surface area (TPSA) is 117 Å². The third kappa shape index (κ3) is 35.1. The Hall–Kier alpha value is -2.53. The number of hydrogen-bond donors (Lipinski definition) is 4. The number of allylic oxidation sites excluding steroid dienone is 11. The largest absolute Gasteiger partial charge is 0.384 e. The van der Waals surface area contributed by atoms with Crippen LogP contribution in [0.5, 0.6) is 0 Å². The van der Waals surface area contributed by atoms with Crippen LogP contribution >= 0.6 is 21.6 Å². The van der Waals surface area contributed by atoms with E-state index in [1.807, 2.05) is 12.2 Å². The summed E-state index contributed by atoms with van der Waals surface area (Å²) in [5.41, 5.74) is -0.715. The number of rotatable bonds is 28. The number of nitrogens with one attached hydrogen (secondary N) is 3. The summed E-state index contributed by atoms with van der Waals surface area (Å²) >= 11 is 0. The second-order valence-electron chi connectivity index (χ2n) is 11.8. The first-order chi connectivity index (χ1) is 23.7. The Bertz CT molecular complexity index is 1000. The highest BCUT2D eigenvalue weighted by atomic mass is 33.1. The lowest BCUT2D eigenvalue weighted by Gasteiger charge is -2.28. The maximum absolute atomic E-state index is 12.1. The third-order valence-electron chi connectivity index (χ3n) is 6.65. The van der Waals surface area contributed by atoms with E-state index in [0.717, 1.165) is 50.0 Å². The average Bonchev–Trinajstić information content (AvgIpc) is 3.08. The molecule has 0 saturated heterocycles. The molecular weight excluding hydrogens is 655 g/mol. The highest BCUT2D eigenvalue weighted by molar-refractivity contribution is 8.76. The minimum Gasteiger partial charge on any atom is -0.384 e. The molecule has 49 heavy (non-hydrogen) atoms. The smallest absolute Gasteiger partial charge is 0.249 e. The number of aliphatic hydroxyl groups excluding tert-OH is 1. The highest BCUT2D eigenvalue weighted by Gasteiger charge is 2.33. The molecule has 0 rings (SSSR count). The van der Waals surface area contributed by atoms with Crippen molar-refractivity contribution in [2.75, 3.05) is 44.9 Å². The van der Waals surface area contributed by atoms with E-state index < -0.39 is 17.4 Å². The minimum absolute atomic E-state index is 0.00905. The zero-order valence-corrected chi connectivity index (χ0v) is 32.8. The molecule has 0 aliphatic heterocycles. The zero-order chi connectivity index (χ0) is 36.9. The van der Waals surface area contributed by atoms with Crippen molar-refractivity contribution in [1.29, 1.82) is 0 Å². The molecule has 280 valence electrons. The van der Waals surface area contributed by atoms with Crippen LogP contribution in [-0.4, -0.2) is 73.8 Å². The fourth-order valence-electron chi connectivity index (χ4n) is 3.66. The number of ether oxygens (including phenoxy) is 1. The van der Waals surface area contributed by atoms with Gasteiger partial charge in [-0.05, 0) is 38.5 Å². The first-order valence-electron chi connectivity index (χ1n) is 17.8. The van der Waals surface area contributed by atoms with Gasteiger partial charge >= 0.3 is 0 Å². The summed E-state index contributed by atoms with van der Waals surface area (Å²) in [6.07, 6.45) is 33.4. The molecule has 8 nitrogen and oxygen atoms in total. The number of carbonyl (C=O) groups is 3. The predicted octanol–water partition coefficient (Wildman–Crippen LogP) is 8.03. The predicted molar refractivity (Wildman–Crippen MR) is 214 cm³/mol. The van der Waals surface area contributed by atoms with Crippen LogP contribution in [0.4, 0.5) is 0 Å². The van der Waals surface area contributed by atoms with Crippen LogP contribution in [0.2, 0.25) is 0 Å². The van der Waals surface area contributed by atoms with Crippen molar-refractivity contribution >= 4 is 39.3 Å². The van der Waals surface area contributed by atoms with Crippen molar-refractivity contribution in [3.8, 4) is 0 Å². The maximum Gasteiger partial charge on any atom is 0.249 e. The van der Waals surface area contributed by atoms with Gasteiger partial charge in [0.2, 0.25) is 17.7 Å². The van der Waals surface area contributed by atoms with Gasteiger partial charge in [-0.15, -0.1) is 0 Å². The van der Waals surface area contributed by atoms with Crippen LogP contribution in [0, 0.1) is 5.41 Å². The van der Waals surface area contributed by atoms with Crippen molar-refractivity contribution in [1.82, 2.24) is 16.0 Å². The molecule has 0 spiro atoms. The summed E-state index contributed by atoms with van der Waals surface area (Å²) in [4.78, 5) is 36.0. The first-order valence-corrected chi connectivity index (χ1v) is 20.3. The molecule has 0 fully saturated rings. The third-order valence-corrected chi connectivity index (χ3v) is 9.06. The first kappa shape index (κ1) is 48.6. The minimum atomic E-state index is -1.21. The van der Waals surface area contributed by atoms with Crippen molar-refractivity contribution in [3.63, 3.8) is 0 Å². The summed E-state index contributed by atoms with van der Waals surface area (Å²) < 4.78 is 5.03. The Kier molecular flexibility index (Phi) is 36.4. The monoisotopic (exact) mass is 721 g/mol. The molecule has 0 heterocycles. The van der Waals surface area contributed by atoms with E-state index in [1.54, 1.807) is 35.4 Å². The van der Waals surface area contributed by atoms with Gasteiger partial charge in [-0.2, -0.15) is 0 Å². The summed E-state index contributed by atoms with van der Waals surface area (Å²) in [5, 5.41) is 18.5. The number of methoxy groups -OCH3 is 1. The maximum atomic E-state index is 12.1. The van der Waals surface area contributed by atoms with Gasteiger partial charge < -0.3 is 25.8 Å². The van der Waals surface area contributed by atoms with E-state index in [1.165, 1.54) is 20.0 Å². The zero-order valence-electron chi connectivity index (χ0n) is 31.2. The van der Waals surface area contributed by atoms with E-state index >= 15 is 0 Å². The molecule has 0 aromatic heterocycles. The van der Waals surface area contributed by atoms with Gasteiger partial charge in [0.25, 0.3) is 0 Å². The molecule has 0 aromatic carbocycles. The standard InChI is InChI=1S/C35H57N3O5S2.C4H10/c1-5-6-7-8-9-10-11-12-13-14-15-16-17-18-19-20-21-22-23-31(39)36-26-28-44-45-29-27-37-32(40)24-25-38-34(42)33(41)35(2,3)30-43-4;1-3-4-2/h6-7,9-10,12-13,15-16,18-19,21-22,33,41H,5,8,11,14,17,20,23-30H2,1-4H3,(H,36,39)(H,37,40)(H,38,42);3-4H2,1-2H3/b7-6-,10-9-,13-12-,16-15-,19-18-,22-21-;/t33-;/m0./s1. The van der Waals surface area contributed by atoms with Gasteiger partial charge in [0.1, 0.15) is 6.10 Å². The number of aliphatic hydroxyl groups is 1. The lowest BCUT2D eigenvalue weighted by Crippen LogP contribution is -2.46. The van der Waals surface area contributed by atoms with Crippen molar-refractivity contribution in [2.24, 2.45) is 5.41 Å². The molecule has 0 saturated carbocycles. The molecule has 3 amide bonds. The van der Waals surface area contributed by atoms with Crippen LogP contribution in [0.3, 0.4) is 0 Å². The molecule has 0 unspecified atom stereocenters. The summed E-state index contributed by atoms with van der Waals surface area (Å²) in [5.74, 6) is 0.852. The quantitative estimate of drug-likeness (QED) is 0.0367. The Labute approximate surface area is 306 Å². The van der Waals surface area contributed by atoms with E-state index in [-0.39, 0.29) is 31.4 Å². The normalized spacial score (nSPS) is 12.8. The van der Waals surface area contributed by atoms with Crippen LogP contribution in [0.1, 0.15) is 98.8 Å². The fraction of sp³-hybridized carbons (Fsp3) is 0.615. The molecule has 4 N–H and O–H groups in total. The van der Waals surface area contributed by atoms with E-state index in [2.05, 4.69) is 97.5 Å². The van der Waals surface area contributed by atoms with Gasteiger partial charge in [-0.25, -0.2) is 0 Å². The number of unbranched alkanes of at least 4 members (excludes halogenated alkanes) is 1. The van der Waals surface area contributed by atoms with Gasteiger partial charge in [0, 0.05) is 56.5 Å². The highest BCUT2D eigenvalue weighted by Crippen LogP contribution is 2.21. The van der Waals surface area contributed by atoms with E-state index in [0.29, 0.717) is 19.5 Å². The van der Waals surface area contributed by atoms with Crippen LogP contribution in [-0.2, 0) is 19.1 Å². The Morgan fingerprint density at radius 3 is 1.51 bits per heavy atom. The van der Waals surface area contributed by atoms with E-state index in [9.17, 15) is 19.5 Å². The van der Waals surface area contributed by atoms with Gasteiger partial charge in [0.15, 0.2) is 0 Å². The second kappa shape index (κ2) is 36.7. The molecule has 10 heteroatoms. The van der Waals surface area contributed by atoms with Gasteiger partial charge in [-0.3, -0.25) is 14.4 Å². The average molecular weight is 722 g/mol. The Morgan fingerprint density at radius 1 is 0.653 bits per heavy atom. The molecule has 0 aromatic rings. The SMILES string of the molecule is CC/C=C\C/C=C\C/C=C\C/C=C\C/C=C\C/C=C\CC(=O)NCCSSCCNC(=O)CCNC(=O)[C@H](O)C(C)(C)COC.CCCC. The lowest BCUT2D eigenvalue weighted by atomic mass is 9.87. The molecule has 0 bridgehead atoms. The Balaban J connectivity index is 0. The molecule has 0 aliphatic rings. The van der Waals surface area contributed by atoms with Gasteiger partial charge in [-0.1, -0.05) is 142 Å². The molecule has 1 atom stereocenters. The molecule has 0 radical (unpaired) electrons. The number of carbonyl (C=O) groups excluding carboxylic acids is 3.